The van der Waals surface area contributed by atoms with Crippen molar-refractivity contribution in [3.63, 3.8) is 0 Å². The molecule has 2 heterocycles. The van der Waals surface area contributed by atoms with Crippen LogP contribution in [0.5, 0.6) is 0 Å². The fourth-order valence-electron chi connectivity index (χ4n) is 5.40. The summed E-state index contributed by atoms with van der Waals surface area (Å²) in [4.78, 5) is 43.5. The molecule has 4 N–H and O–H groups in total. The van der Waals surface area contributed by atoms with Crippen LogP contribution in [-0.4, -0.2) is 93.5 Å². The molecule has 1 fully saturated rings. The number of methoxy groups -OCH3 is 1. The van der Waals surface area contributed by atoms with Crippen molar-refractivity contribution < 1.29 is 32.3 Å². The van der Waals surface area contributed by atoms with Gasteiger partial charge in [0.1, 0.15) is 11.4 Å². The van der Waals surface area contributed by atoms with Crippen LogP contribution in [0, 0.1) is 5.92 Å². The fourth-order valence-corrected chi connectivity index (χ4v) is 7.04. The SMILES string of the molecule is CCCN(CCCNC(=O)OC(C)(C)C)C(=O)C1=Cc2ccc(-c3cccc(S(=O)(=O)N4CC(CNC(=O)OC)C4)c3)cc2N=C(N)C1. The van der Waals surface area contributed by atoms with E-state index in [-0.39, 0.29) is 23.1 Å². The monoisotopic (exact) mass is 682 g/mol. The van der Waals surface area contributed by atoms with Crippen LogP contribution in [0.15, 0.2) is 57.9 Å². The van der Waals surface area contributed by atoms with E-state index in [1.54, 1.807) is 43.9 Å². The summed E-state index contributed by atoms with van der Waals surface area (Å²) in [5.74, 6) is 0.158. The molecule has 0 saturated carbocycles. The maximum atomic E-state index is 13.7. The molecule has 4 rings (SSSR count). The molecule has 0 aliphatic carbocycles. The van der Waals surface area contributed by atoms with Crippen LogP contribution in [0.1, 0.15) is 52.5 Å². The van der Waals surface area contributed by atoms with Gasteiger partial charge in [0, 0.05) is 62.7 Å². The number of amides is 3. The van der Waals surface area contributed by atoms with Crippen molar-refractivity contribution >= 4 is 45.7 Å². The topological polar surface area (TPSA) is 173 Å². The van der Waals surface area contributed by atoms with E-state index in [4.69, 9.17) is 10.5 Å². The standard InChI is InChI=1S/C34H46N6O7S/c1-6-14-39(15-8-13-36-33(43)47-34(2,3)4)31(41)27-16-26-12-11-25(18-29(26)38-30(35)19-27)24-9-7-10-28(17-24)48(44,45)40-21-23(22-40)20-37-32(42)46-5/h7,9-12,16-18,23H,6,8,13-15,19-22H2,1-5H3,(H2,35,38)(H,36,43)(H,37,42). The first-order valence-corrected chi connectivity index (χ1v) is 17.5. The van der Waals surface area contributed by atoms with Gasteiger partial charge in [0.05, 0.1) is 17.7 Å². The summed E-state index contributed by atoms with van der Waals surface area (Å²) in [5.41, 5.74) is 8.97. The van der Waals surface area contributed by atoms with E-state index in [2.05, 4.69) is 20.4 Å². The third kappa shape index (κ3) is 9.57. The molecule has 0 aromatic heterocycles. The van der Waals surface area contributed by atoms with Crippen molar-refractivity contribution in [1.82, 2.24) is 19.8 Å². The van der Waals surface area contributed by atoms with Gasteiger partial charge in [-0.15, -0.1) is 0 Å². The number of nitrogens with one attached hydrogen (secondary N) is 2. The molecule has 260 valence electrons. The van der Waals surface area contributed by atoms with Crippen molar-refractivity contribution in [2.45, 2.75) is 57.5 Å². The number of sulfonamides is 1. The number of nitrogens with zero attached hydrogens (tertiary/aromatic N) is 3. The Balaban J connectivity index is 1.45. The summed E-state index contributed by atoms with van der Waals surface area (Å²) < 4.78 is 37.9. The summed E-state index contributed by atoms with van der Waals surface area (Å²) >= 11 is 0. The van der Waals surface area contributed by atoms with Crippen molar-refractivity contribution in [3.8, 4) is 11.1 Å². The molecular formula is C34H46N6O7S. The molecular weight excluding hydrogens is 636 g/mol. The fraction of sp³-hybridized carbons (Fsp3) is 0.471. The van der Waals surface area contributed by atoms with Crippen LogP contribution in [0.2, 0.25) is 0 Å². The van der Waals surface area contributed by atoms with Crippen molar-refractivity contribution in [2.75, 3.05) is 46.4 Å². The lowest BCUT2D eigenvalue weighted by Crippen LogP contribution is -2.53. The van der Waals surface area contributed by atoms with Gasteiger partial charge in [-0.25, -0.2) is 23.0 Å². The van der Waals surface area contributed by atoms with Gasteiger partial charge in [-0.2, -0.15) is 4.31 Å². The van der Waals surface area contributed by atoms with Crippen LogP contribution in [0.25, 0.3) is 17.2 Å². The molecule has 0 radical (unpaired) electrons. The normalized spacial score (nSPS) is 15.2. The van der Waals surface area contributed by atoms with Gasteiger partial charge >= 0.3 is 12.2 Å². The summed E-state index contributed by atoms with van der Waals surface area (Å²) in [6.07, 6.45) is 2.27. The van der Waals surface area contributed by atoms with Gasteiger partial charge in [0.15, 0.2) is 0 Å². The predicted octanol–water partition coefficient (Wildman–Crippen LogP) is 4.26. The molecule has 2 aromatic carbocycles. The van der Waals surface area contributed by atoms with E-state index in [0.29, 0.717) is 68.3 Å². The molecule has 0 bridgehead atoms. The lowest BCUT2D eigenvalue weighted by Gasteiger charge is -2.38. The highest BCUT2D eigenvalue weighted by Gasteiger charge is 2.37. The summed E-state index contributed by atoms with van der Waals surface area (Å²) in [5, 5.41) is 5.34. The zero-order valence-electron chi connectivity index (χ0n) is 28.2. The van der Waals surface area contributed by atoms with Gasteiger partial charge in [-0.1, -0.05) is 31.2 Å². The number of rotatable bonds is 12. The number of carbonyl (C=O) groups is 3. The van der Waals surface area contributed by atoms with E-state index in [9.17, 15) is 22.8 Å². The Morgan fingerprint density at radius 1 is 1.04 bits per heavy atom. The number of carbonyl (C=O) groups excluding carboxylic acids is 3. The molecule has 13 nitrogen and oxygen atoms in total. The van der Waals surface area contributed by atoms with Gasteiger partial charge in [0.2, 0.25) is 15.9 Å². The molecule has 2 aromatic rings. The molecule has 14 heteroatoms. The highest BCUT2D eigenvalue weighted by molar-refractivity contribution is 7.89. The van der Waals surface area contributed by atoms with E-state index >= 15 is 0 Å². The number of fused-ring (bicyclic) bond motifs is 1. The largest absolute Gasteiger partial charge is 0.453 e. The van der Waals surface area contributed by atoms with Crippen LogP contribution < -0.4 is 16.4 Å². The van der Waals surface area contributed by atoms with Crippen molar-refractivity contribution in [3.05, 3.63) is 53.6 Å². The number of hydrogen-bond acceptors (Lipinski definition) is 9. The zero-order chi connectivity index (χ0) is 35.1. The maximum absolute atomic E-state index is 13.7. The minimum atomic E-state index is -3.73. The van der Waals surface area contributed by atoms with Crippen LogP contribution >= 0.6 is 0 Å². The first kappa shape index (κ1) is 36.4. The molecule has 48 heavy (non-hydrogen) atoms. The Morgan fingerprint density at radius 3 is 2.46 bits per heavy atom. The predicted molar refractivity (Wildman–Crippen MR) is 184 cm³/mol. The summed E-state index contributed by atoms with van der Waals surface area (Å²) in [6, 6.07) is 12.3. The summed E-state index contributed by atoms with van der Waals surface area (Å²) in [7, 11) is -2.45. The number of ether oxygens (including phenoxy) is 2. The minimum Gasteiger partial charge on any atom is -0.453 e. The Bertz CT molecular complexity index is 1680. The highest BCUT2D eigenvalue weighted by atomic mass is 32.2. The number of nitrogens with two attached hydrogens (primary N) is 1. The van der Waals surface area contributed by atoms with E-state index in [0.717, 1.165) is 17.5 Å². The Morgan fingerprint density at radius 2 is 1.77 bits per heavy atom. The maximum Gasteiger partial charge on any atom is 0.407 e. The highest BCUT2D eigenvalue weighted by Crippen LogP contribution is 2.34. The average molecular weight is 683 g/mol. The van der Waals surface area contributed by atoms with Crippen LogP contribution in [0.3, 0.4) is 0 Å². The minimum absolute atomic E-state index is 0.00926. The van der Waals surface area contributed by atoms with Crippen LogP contribution in [-0.2, 0) is 24.3 Å². The van der Waals surface area contributed by atoms with Crippen LogP contribution in [0.4, 0.5) is 15.3 Å². The Labute approximate surface area is 282 Å². The lowest BCUT2D eigenvalue weighted by atomic mass is 10.0. The number of benzene rings is 2. The van der Waals surface area contributed by atoms with Gasteiger partial charge in [-0.05, 0) is 69.0 Å². The number of amidine groups is 1. The van der Waals surface area contributed by atoms with E-state index < -0.39 is 27.8 Å². The lowest BCUT2D eigenvalue weighted by molar-refractivity contribution is -0.127. The first-order valence-electron chi connectivity index (χ1n) is 16.1. The van der Waals surface area contributed by atoms with E-state index in [1.165, 1.54) is 11.4 Å². The number of aliphatic imine (C=N–C) groups is 1. The van der Waals surface area contributed by atoms with Crippen molar-refractivity contribution in [1.29, 1.82) is 0 Å². The van der Waals surface area contributed by atoms with Gasteiger partial charge in [-0.3, -0.25) is 4.79 Å². The summed E-state index contributed by atoms with van der Waals surface area (Å²) in [6.45, 7) is 9.70. The number of hydrogen-bond donors (Lipinski definition) is 3. The second-order valence-corrected chi connectivity index (χ2v) is 14.8. The quantitative estimate of drug-likeness (QED) is 0.279. The van der Waals surface area contributed by atoms with Gasteiger partial charge < -0.3 is 30.7 Å². The van der Waals surface area contributed by atoms with Gasteiger partial charge in [0.25, 0.3) is 0 Å². The molecule has 1 saturated heterocycles. The zero-order valence-corrected chi connectivity index (χ0v) is 29.1. The third-order valence-corrected chi connectivity index (χ3v) is 9.60. The second kappa shape index (κ2) is 15.6. The van der Waals surface area contributed by atoms with E-state index in [1.807, 2.05) is 37.3 Å². The Hall–Kier alpha value is -4.43. The third-order valence-electron chi connectivity index (χ3n) is 7.77. The average Bonchev–Trinajstić information content (AvgIpc) is 3.17. The first-order chi connectivity index (χ1) is 22.7. The molecule has 0 unspecified atom stereocenters. The van der Waals surface area contributed by atoms with Crippen molar-refractivity contribution in [2.24, 2.45) is 16.6 Å². The molecule has 0 atom stereocenters. The number of alkyl carbamates (subject to hydrolysis) is 2. The molecule has 2 aliphatic heterocycles. The smallest absolute Gasteiger partial charge is 0.407 e. The molecule has 3 amide bonds. The second-order valence-electron chi connectivity index (χ2n) is 12.9. The Kier molecular flexibility index (Phi) is 11.9. The molecule has 2 aliphatic rings. The molecule has 0 spiro atoms.